The third-order valence-corrected chi connectivity index (χ3v) is 5.59. The molecule has 130 valence electrons. The summed E-state index contributed by atoms with van der Waals surface area (Å²) in [6, 6.07) is 5.09. The molecule has 2 saturated carbocycles. The van der Waals surface area contributed by atoms with E-state index in [1.54, 1.807) is 18.2 Å². The van der Waals surface area contributed by atoms with Crippen molar-refractivity contribution in [2.45, 2.75) is 50.1 Å². The number of aliphatic carboxylic acids is 1. The zero-order valence-corrected chi connectivity index (χ0v) is 14.7. The molecule has 0 radical (unpaired) electrons. The lowest BCUT2D eigenvalue weighted by Gasteiger charge is -2.28. The van der Waals surface area contributed by atoms with Gasteiger partial charge in [0.1, 0.15) is 0 Å². The molecule has 2 amide bonds. The fraction of sp³-hybridized carbons (Fsp3) is 0.529. The van der Waals surface area contributed by atoms with Gasteiger partial charge in [0.15, 0.2) is 0 Å². The lowest BCUT2D eigenvalue weighted by Crippen LogP contribution is -2.47. The Labute approximate surface area is 150 Å². The number of halogens is 2. The van der Waals surface area contributed by atoms with Gasteiger partial charge in [0.2, 0.25) is 0 Å². The van der Waals surface area contributed by atoms with Gasteiger partial charge in [-0.1, -0.05) is 29.3 Å². The Morgan fingerprint density at radius 3 is 2.17 bits per heavy atom. The van der Waals surface area contributed by atoms with Crippen molar-refractivity contribution >= 4 is 35.2 Å². The maximum absolute atomic E-state index is 12.4. The first-order chi connectivity index (χ1) is 11.4. The molecular formula is C17H20Cl2N2O3. The van der Waals surface area contributed by atoms with Crippen molar-refractivity contribution in [3.05, 3.63) is 33.8 Å². The number of nitrogens with one attached hydrogen (secondary N) is 2. The average molecular weight is 371 g/mol. The van der Waals surface area contributed by atoms with Gasteiger partial charge in [-0.2, -0.15) is 0 Å². The predicted octanol–water partition coefficient (Wildman–Crippen LogP) is 3.93. The SMILES string of the molecule is O=C(NC1CCC(C(=O)O)CC1)NC1(c2c(Cl)cccc2Cl)CC1. The van der Waals surface area contributed by atoms with E-state index in [1.807, 2.05) is 0 Å². The third kappa shape index (κ3) is 3.62. The van der Waals surface area contributed by atoms with Crippen molar-refractivity contribution in [3.8, 4) is 0 Å². The van der Waals surface area contributed by atoms with Crippen LogP contribution in [-0.2, 0) is 10.3 Å². The zero-order chi connectivity index (χ0) is 17.3. The minimum Gasteiger partial charge on any atom is -0.481 e. The van der Waals surface area contributed by atoms with Crippen molar-refractivity contribution in [3.63, 3.8) is 0 Å². The fourth-order valence-electron chi connectivity index (χ4n) is 3.44. The minimum absolute atomic E-state index is 0.0121. The Kier molecular flexibility index (Phi) is 4.92. The normalized spacial score (nSPS) is 24.9. The number of hydrogen-bond donors (Lipinski definition) is 3. The van der Waals surface area contributed by atoms with Crippen LogP contribution in [0.5, 0.6) is 0 Å². The molecule has 0 aromatic heterocycles. The fourth-order valence-corrected chi connectivity index (χ4v) is 4.20. The second kappa shape index (κ2) is 6.81. The summed E-state index contributed by atoms with van der Waals surface area (Å²) in [5, 5.41) is 16.1. The highest BCUT2D eigenvalue weighted by Crippen LogP contribution is 2.50. The van der Waals surface area contributed by atoms with Crippen molar-refractivity contribution in [2.75, 3.05) is 0 Å². The van der Waals surface area contributed by atoms with E-state index >= 15 is 0 Å². The molecule has 2 fully saturated rings. The Balaban J connectivity index is 1.59. The van der Waals surface area contributed by atoms with Crippen LogP contribution < -0.4 is 10.6 Å². The number of amides is 2. The van der Waals surface area contributed by atoms with E-state index in [1.165, 1.54) is 0 Å². The number of carbonyl (C=O) groups excluding carboxylic acids is 1. The van der Waals surface area contributed by atoms with Crippen LogP contribution in [-0.4, -0.2) is 23.1 Å². The summed E-state index contributed by atoms with van der Waals surface area (Å²) in [5.41, 5.74) is 0.288. The highest BCUT2D eigenvalue weighted by molar-refractivity contribution is 6.36. The average Bonchev–Trinajstić information content (AvgIpc) is 3.27. The second-order valence-electron chi connectivity index (χ2n) is 6.66. The first-order valence-electron chi connectivity index (χ1n) is 8.17. The van der Waals surface area contributed by atoms with E-state index in [9.17, 15) is 9.59 Å². The second-order valence-corrected chi connectivity index (χ2v) is 7.48. The van der Waals surface area contributed by atoms with Gasteiger partial charge in [-0.15, -0.1) is 0 Å². The molecule has 1 aromatic rings. The van der Waals surface area contributed by atoms with Crippen LogP contribution in [0, 0.1) is 5.92 Å². The summed E-state index contributed by atoms with van der Waals surface area (Å²) < 4.78 is 0. The topological polar surface area (TPSA) is 78.4 Å². The molecule has 0 heterocycles. The molecule has 0 aliphatic heterocycles. The van der Waals surface area contributed by atoms with Crippen molar-refractivity contribution < 1.29 is 14.7 Å². The number of carboxylic acid groups (broad SMARTS) is 1. The van der Waals surface area contributed by atoms with E-state index in [4.69, 9.17) is 28.3 Å². The minimum atomic E-state index is -0.747. The quantitative estimate of drug-likeness (QED) is 0.751. The Bertz CT molecular complexity index is 633. The monoisotopic (exact) mass is 370 g/mol. The molecule has 0 spiro atoms. The van der Waals surface area contributed by atoms with Gasteiger partial charge in [0.05, 0.1) is 11.5 Å². The molecule has 0 atom stereocenters. The van der Waals surface area contributed by atoms with E-state index in [-0.39, 0.29) is 18.0 Å². The standard InChI is InChI=1S/C17H20Cl2N2O3/c18-12-2-1-3-13(19)14(12)17(8-9-17)21-16(24)20-11-6-4-10(5-7-11)15(22)23/h1-3,10-11H,4-9H2,(H,22,23)(H2,20,21,24). The first-order valence-corrected chi connectivity index (χ1v) is 8.93. The van der Waals surface area contributed by atoms with Crippen LogP contribution in [0.3, 0.4) is 0 Å². The van der Waals surface area contributed by atoms with Gasteiger partial charge in [-0.05, 0) is 50.7 Å². The number of carbonyl (C=O) groups is 2. The highest BCUT2D eigenvalue weighted by atomic mass is 35.5. The van der Waals surface area contributed by atoms with Crippen LogP contribution in [0.15, 0.2) is 18.2 Å². The van der Waals surface area contributed by atoms with Crippen LogP contribution in [0.25, 0.3) is 0 Å². The van der Waals surface area contributed by atoms with Gasteiger partial charge in [0, 0.05) is 21.7 Å². The van der Waals surface area contributed by atoms with Crippen LogP contribution in [0.2, 0.25) is 10.0 Å². The van der Waals surface area contributed by atoms with Gasteiger partial charge >= 0.3 is 12.0 Å². The summed E-state index contributed by atoms with van der Waals surface area (Å²) >= 11 is 12.5. The number of carboxylic acids is 1. The van der Waals surface area contributed by atoms with Crippen LogP contribution in [0.4, 0.5) is 4.79 Å². The molecule has 1 aromatic carbocycles. The van der Waals surface area contributed by atoms with Crippen molar-refractivity contribution in [2.24, 2.45) is 5.92 Å². The molecule has 2 aliphatic rings. The number of hydrogen-bond acceptors (Lipinski definition) is 2. The molecule has 0 saturated heterocycles. The van der Waals surface area contributed by atoms with E-state index in [0.29, 0.717) is 35.7 Å². The molecule has 5 nitrogen and oxygen atoms in total. The van der Waals surface area contributed by atoms with Gasteiger partial charge < -0.3 is 15.7 Å². The zero-order valence-electron chi connectivity index (χ0n) is 13.1. The van der Waals surface area contributed by atoms with E-state index in [2.05, 4.69) is 10.6 Å². The van der Waals surface area contributed by atoms with Gasteiger partial charge in [-0.25, -0.2) is 4.79 Å². The Morgan fingerprint density at radius 1 is 1.08 bits per heavy atom. The number of rotatable bonds is 4. The summed E-state index contributed by atoms with van der Waals surface area (Å²) in [5.74, 6) is -1.04. The largest absolute Gasteiger partial charge is 0.481 e. The third-order valence-electron chi connectivity index (χ3n) is 4.96. The smallest absolute Gasteiger partial charge is 0.315 e. The van der Waals surface area contributed by atoms with Gasteiger partial charge in [-0.3, -0.25) is 4.79 Å². The molecular weight excluding hydrogens is 351 g/mol. The lowest BCUT2D eigenvalue weighted by atomic mass is 9.86. The molecule has 0 unspecified atom stereocenters. The summed E-state index contributed by atoms with van der Waals surface area (Å²) in [6.45, 7) is 0. The molecule has 0 bridgehead atoms. The Morgan fingerprint density at radius 2 is 1.67 bits per heavy atom. The van der Waals surface area contributed by atoms with Crippen molar-refractivity contribution in [1.82, 2.24) is 10.6 Å². The van der Waals surface area contributed by atoms with Crippen LogP contribution in [0.1, 0.15) is 44.1 Å². The molecule has 3 rings (SSSR count). The van der Waals surface area contributed by atoms with Crippen molar-refractivity contribution in [1.29, 1.82) is 0 Å². The number of benzene rings is 1. The van der Waals surface area contributed by atoms with E-state index < -0.39 is 11.5 Å². The highest BCUT2D eigenvalue weighted by Gasteiger charge is 2.48. The summed E-state index contributed by atoms with van der Waals surface area (Å²) in [7, 11) is 0. The molecule has 7 heteroatoms. The Hall–Kier alpha value is -1.46. The predicted molar refractivity (Wildman–Crippen MR) is 92.4 cm³/mol. The summed E-state index contributed by atoms with van der Waals surface area (Å²) in [4.78, 5) is 23.3. The van der Waals surface area contributed by atoms with E-state index in [0.717, 1.165) is 18.4 Å². The van der Waals surface area contributed by atoms with Crippen LogP contribution >= 0.6 is 23.2 Å². The lowest BCUT2D eigenvalue weighted by molar-refractivity contribution is -0.142. The van der Waals surface area contributed by atoms with Gasteiger partial charge in [0.25, 0.3) is 0 Å². The first kappa shape index (κ1) is 17.4. The molecule has 2 aliphatic carbocycles. The number of urea groups is 1. The summed E-state index contributed by atoms with van der Waals surface area (Å²) in [6.07, 6.45) is 4.17. The maximum Gasteiger partial charge on any atom is 0.315 e. The molecule has 3 N–H and O–H groups in total. The maximum atomic E-state index is 12.4. The molecule has 24 heavy (non-hydrogen) atoms.